The lowest BCUT2D eigenvalue weighted by molar-refractivity contribution is 1.11. The van der Waals surface area contributed by atoms with E-state index < -0.39 is 0 Å². The van der Waals surface area contributed by atoms with Crippen molar-refractivity contribution in [3.05, 3.63) is 70.1 Å². The van der Waals surface area contributed by atoms with Crippen molar-refractivity contribution in [3.63, 3.8) is 0 Å². The number of hydrogen-bond donors (Lipinski definition) is 0. The van der Waals surface area contributed by atoms with E-state index in [1.54, 1.807) is 0 Å². The fourth-order valence-electron chi connectivity index (χ4n) is 1.97. The first kappa shape index (κ1) is 11.6. The van der Waals surface area contributed by atoms with E-state index >= 15 is 0 Å². The van der Waals surface area contributed by atoms with Gasteiger partial charge in [0.25, 0.3) is 0 Å². The van der Waals surface area contributed by atoms with E-state index in [2.05, 4.69) is 4.98 Å². The molecule has 0 atom stereocenters. The van der Waals surface area contributed by atoms with Crippen molar-refractivity contribution >= 4 is 28.8 Å². The number of imidazole rings is 1. The fraction of sp³-hybridized carbons (Fsp3) is 0.0714. The summed E-state index contributed by atoms with van der Waals surface area (Å²) in [7, 11) is 0. The summed E-state index contributed by atoms with van der Waals surface area (Å²) in [5.74, 6) is 0. The molecule has 1 aromatic carbocycles. The summed E-state index contributed by atoms with van der Waals surface area (Å²) >= 11 is 12.1. The minimum absolute atomic E-state index is 0.662. The first-order valence-corrected chi connectivity index (χ1v) is 6.34. The normalized spacial score (nSPS) is 11.0. The summed E-state index contributed by atoms with van der Waals surface area (Å²) in [4.78, 5) is 4.53. The van der Waals surface area contributed by atoms with Gasteiger partial charge in [0.1, 0.15) is 0 Å². The minimum atomic E-state index is 0.662. The van der Waals surface area contributed by atoms with Gasteiger partial charge in [-0.15, -0.1) is 0 Å². The summed E-state index contributed by atoms with van der Waals surface area (Å²) in [5, 5.41) is 1.41. The average Bonchev–Trinajstić information content (AvgIpc) is 2.73. The topological polar surface area (TPSA) is 17.3 Å². The van der Waals surface area contributed by atoms with Gasteiger partial charge in [-0.2, -0.15) is 0 Å². The maximum Gasteiger partial charge on any atom is 0.155 e. The average molecular weight is 277 g/mol. The fourth-order valence-corrected chi connectivity index (χ4v) is 2.40. The van der Waals surface area contributed by atoms with Crippen LogP contribution in [0.1, 0.15) is 11.3 Å². The predicted octanol–water partition coefficient (Wildman–Crippen LogP) is 4.23. The molecule has 2 aromatic heterocycles. The van der Waals surface area contributed by atoms with Crippen molar-refractivity contribution in [2.45, 2.75) is 6.42 Å². The molecule has 0 saturated heterocycles. The van der Waals surface area contributed by atoms with Crippen LogP contribution in [0.15, 0.2) is 48.8 Å². The summed E-state index contributed by atoms with van der Waals surface area (Å²) in [6.45, 7) is 0. The first-order valence-electron chi connectivity index (χ1n) is 5.59. The molecule has 90 valence electrons. The first-order chi connectivity index (χ1) is 8.72. The van der Waals surface area contributed by atoms with Crippen LogP contribution in [-0.4, -0.2) is 9.38 Å². The molecule has 0 spiro atoms. The van der Waals surface area contributed by atoms with E-state index in [4.69, 9.17) is 23.2 Å². The van der Waals surface area contributed by atoms with Gasteiger partial charge in [0.15, 0.2) is 5.65 Å². The van der Waals surface area contributed by atoms with Crippen LogP contribution in [0, 0.1) is 0 Å². The molecule has 0 radical (unpaired) electrons. The number of rotatable bonds is 2. The number of pyridine rings is 1. The maximum absolute atomic E-state index is 6.09. The molecule has 2 heterocycles. The van der Waals surface area contributed by atoms with Crippen LogP contribution < -0.4 is 0 Å². The van der Waals surface area contributed by atoms with Crippen molar-refractivity contribution in [3.8, 4) is 0 Å². The van der Waals surface area contributed by atoms with E-state index in [1.807, 2.05) is 53.2 Å². The molecular formula is C14H10Cl2N2. The third-order valence-electron chi connectivity index (χ3n) is 2.76. The Balaban J connectivity index is 1.98. The molecule has 18 heavy (non-hydrogen) atoms. The smallest absolute Gasteiger partial charge is 0.155 e. The van der Waals surface area contributed by atoms with Crippen molar-refractivity contribution in [1.29, 1.82) is 0 Å². The Bertz CT molecular complexity index is 704. The Morgan fingerprint density at radius 2 is 2.00 bits per heavy atom. The lowest BCUT2D eigenvalue weighted by Crippen LogP contribution is -1.87. The number of benzene rings is 1. The number of hydrogen-bond acceptors (Lipinski definition) is 1. The molecule has 0 fully saturated rings. The van der Waals surface area contributed by atoms with Gasteiger partial charge in [-0.25, -0.2) is 4.98 Å². The van der Waals surface area contributed by atoms with E-state index in [0.29, 0.717) is 5.02 Å². The maximum atomic E-state index is 6.09. The third-order valence-corrected chi connectivity index (χ3v) is 3.29. The molecule has 4 heteroatoms. The number of fused-ring (bicyclic) bond motifs is 1. The summed E-state index contributed by atoms with van der Waals surface area (Å²) in [6.07, 6.45) is 4.68. The highest BCUT2D eigenvalue weighted by atomic mass is 35.5. The SMILES string of the molecule is Clc1cccc(Cc2cn3cccc(Cl)c3n2)c1. The second kappa shape index (κ2) is 4.63. The molecule has 0 amide bonds. The second-order valence-electron chi connectivity index (χ2n) is 4.13. The Morgan fingerprint density at radius 3 is 2.78 bits per heavy atom. The molecule has 0 unspecified atom stereocenters. The molecular weight excluding hydrogens is 267 g/mol. The van der Waals surface area contributed by atoms with Gasteiger partial charge >= 0.3 is 0 Å². The van der Waals surface area contributed by atoms with Crippen molar-refractivity contribution in [2.24, 2.45) is 0 Å². The van der Waals surface area contributed by atoms with Crippen LogP contribution >= 0.6 is 23.2 Å². The lowest BCUT2D eigenvalue weighted by Gasteiger charge is -1.97. The third kappa shape index (κ3) is 2.22. The van der Waals surface area contributed by atoms with E-state index in [-0.39, 0.29) is 0 Å². The Hall–Kier alpha value is -1.51. The van der Waals surface area contributed by atoms with Gasteiger partial charge in [-0.05, 0) is 29.8 Å². The molecule has 0 N–H and O–H groups in total. The van der Waals surface area contributed by atoms with Crippen molar-refractivity contribution < 1.29 is 0 Å². The van der Waals surface area contributed by atoms with E-state index in [1.165, 1.54) is 0 Å². The van der Waals surface area contributed by atoms with Gasteiger partial charge in [0.2, 0.25) is 0 Å². The Kier molecular flexibility index (Phi) is 2.98. The zero-order valence-corrected chi connectivity index (χ0v) is 11.0. The minimum Gasteiger partial charge on any atom is -0.306 e. The monoisotopic (exact) mass is 276 g/mol. The van der Waals surface area contributed by atoms with Crippen molar-refractivity contribution in [1.82, 2.24) is 9.38 Å². The molecule has 0 bridgehead atoms. The number of nitrogens with zero attached hydrogens (tertiary/aromatic N) is 2. The zero-order valence-electron chi connectivity index (χ0n) is 9.48. The van der Waals surface area contributed by atoms with E-state index in [9.17, 15) is 0 Å². The van der Waals surface area contributed by atoms with Gasteiger partial charge in [-0.3, -0.25) is 0 Å². The van der Waals surface area contributed by atoms with Crippen LogP contribution in [0.3, 0.4) is 0 Å². The van der Waals surface area contributed by atoms with Crippen LogP contribution in [-0.2, 0) is 6.42 Å². The number of halogens is 2. The van der Waals surface area contributed by atoms with Gasteiger partial charge in [-0.1, -0.05) is 35.3 Å². The second-order valence-corrected chi connectivity index (χ2v) is 4.97. The highest BCUT2D eigenvalue weighted by Gasteiger charge is 2.05. The van der Waals surface area contributed by atoms with Gasteiger partial charge < -0.3 is 4.40 Å². The molecule has 0 saturated carbocycles. The van der Waals surface area contributed by atoms with Gasteiger partial charge in [0, 0.05) is 23.8 Å². The molecule has 0 aliphatic heterocycles. The molecule has 2 nitrogen and oxygen atoms in total. The molecule has 0 aliphatic rings. The van der Waals surface area contributed by atoms with Crippen LogP contribution in [0.4, 0.5) is 0 Å². The quantitative estimate of drug-likeness (QED) is 0.685. The van der Waals surface area contributed by atoms with Gasteiger partial charge in [0.05, 0.1) is 10.7 Å². The molecule has 3 rings (SSSR count). The highest BCUT2D eigenvalue weighted by molar-refractivity contribution is 6.33. The largest absolute Gasteiger partial charge is 0.306 e. The van der Waals surface area contributed by atoms with Crippen LogP contribution in [0.25, 0.3) is 5.65 Å². The Morgan fingerprint density at radius 1 is 1.11 bits per heavy atom. The lowest BCUT2D eigenvalue weighted by atomic mass is 10.1. The molecule has 0 aliphatic carbocycles. The van der Waals surface area contributed by atoms with Crippen molar-refractivity contribution in [2.75, 3.05) is 0 Å². The standard InChI is InChI=1S/C14H10Cl2N2/c15-11-4-1-3-10(7-11)8-12-9-18-6-2-5-13(16)14(18)17-12/h1-7,9H,8H2. The van der Waals surface area contributed by atoms with E-state index in [0.717, 1.165) is 28.3 Å². The summed E-state index contributed by atoms with van der Waals surface area (Å²) in [6, 6.07) is 11.5. The van der Waals surface area contributed by atoms with Crippen LogP contribution in [0.5, 0.6) is 0 Å². The Labute approximate surface area is 115 Å². The summed E-state index contributed by atoms with van der Waals surface area (Å²) in [5.41, 5.74) is 2.91. The highest BCUT2D eigenvalue weighted by Crippen LogP contribution is 2.19. The van der Waals surface area contributed by atoms with Crippen LogP contribution in [0.2, 0.25) is 10.0 Å². The zero-order chi connectivity index (χ0) is 12.5. The number of aromatic nitrogens is 2. The molecule has 3 aromatic rings. The predicted molar refractivity (Wildman–Crippen MR) is 74.5 cm³/mol. The summed E-state index contributed by atoms with van der Waals surface area (Å²) < 4.78 is 1.93.